The molecule has 0 unspecified atom stereocenters. The van der Waals surface area contributed by atoms with Crippen LogP contribution in [0, 0.1) is 13.8 Å². The Kier molecular flexibility index (Phi) is 5.41. The Bertz CT molecular complexity index is 557. The predicted octanol–water partition coefficient (Wildman–Crippen LogP) is 2.51. The van der Waals surface area contributed by atoms with E-state index in [2.05, 4.69) is 24.5 Å². The summed E-state index contributed by atoms with van der Waals surface area (Å²) in [6.07, 6.45) is 2.36. The molecule has 1 aromatic carbocycles. The number of nitrogens with one attached hydrogen (secondary N) is 2. The molecule has 5 heteroatoms. The highest BCUT2D eigenvalue weighted by Crippen LogP contribution is 2.23. The van der Waals surface area contributed by atoms with Crippen LogP contribution in [0.4, 0.5) is 10.5 Å². The van der Waals surface area contributed by atoms with Crippen LogP contribution in [-0.4, -0.2) is 31.1 Å². The van der Waals surface area contributed by atoms with Crippen molar-refractivity contribution in [2.24, 2.45) is 0 Å². The molecular weight excluding hydrogens is 278 g/mol. The molecule has 0 radical (unpaired) electrons. The number of amides is 3. The summed E-state index contributed by atoms with van der Waals surface area (Å²) in [4.78, 5) is 25.7. The standard InChI is InChI=1S/C17H25N3O2/c1-4-5-8-18-17(22)19-14-10-16(21)20(11-14)15-7-6-12(2)13(3)9-15/h6-7,9,14H,4-5,8,10-11H2,1-3H3,(H2,18,19,22)/t14-/m0/s1. The van der Waals surface area contributed by atoms with Crippen LogP contribution in [0.2, 0.25) is 0 Å². The van der Waals surface area contributed by atoms with Gasteiger partial charge in [0.2, 0.25) is 5.91 Å². The quantitative estimate of drug-likeness (QED) is 0.821. The lowest BCUT2D eigenvalue weighted by Crippen LogP contribution is -2.43. The second-order valence-electron chi connectivity index (χ2n) is 5.93. The van der Waals surface area contributed by atoms with Crippen molar-refractivity contribution in [3.05, 3.63) is 29.3 Å². The molecule has 1 fully saturated rings. The predicted molar refractivity (Wildman–Crippen MR) is 88.1 cm³/mol. The molecule has 1 saturated heterocycles. The van der Waals surface area contributed by atoms with Gasteiger partial charge in [-0.05, 0) is 43.5 Å². The van der Waals surface area contributed by atoms with Crippen LogP contribution >= 0.6 is 0 Å². The molecule has 0 aromatic heterocycles. The molecule has 1 aromatic rings. The lowest BCUT2D eigenvalue weighted by molar-refractivity contribution is -0.117. The van der Waals surface area contributed by atoms with E-state index in [0.717, 1.165) is 18.5 Å². The molecule has 1 atom stereocenters. The average molecular weight is 303 g/mol. The summed E-state index contributed by atoms with van der Waals surface area (Å²) in [6.45, 7) is 7.37. The van der Waals surface area contributed by atoms with E-state index in [1.54, 1.807) is 4.90 Å². The maximum atomic E-state index is 12.2. The van der Waals surface area contributed by atoms with Crippen LogP contribution in [0.25, 0.3) is 0 Å². The zero-order valence-electron chi connectivity index (χ0n) is 13.6. The lowest BCUT2D eigenvalue weighted by atomic mass is 10.1. The van der Waals surface area contributed by atoms with Crippen LogP contribution in [0.1, 0.15) is 37.3 Å². The first kappa shape index (κ1) is 16.3. The molecule has 0 saturated carbocycles. The summed E-state index contributed by atoms with van der Waals surface area (Å²) in [5.74, 6) is 0.0575. The van der Waals surface area contributed by atoms with Gasteiger partial charge in [-0.25, -0.2) is 4.79 Å². The molecule has 3 amide bonds. The number of urea groups is 1. The fraction of sp³-hybridized carbons (Fsp3) is 0.529. The van der Waals surface area contributed by atoms with Crippen LogP contribution < -0.4 is 15.5 Å². The highest BCUT2D eigenvalue weighted by atomic mass is 16.2. The van der Waals surface area contributed by atoms with Gasteiger partial charge in [0, 0.05) is 25.2 Å². The van der Waals surface area contributed by atoms with Gasteiger partial charge in [0.25, 0.3) is 0 Å². The summed E-state index contributed by atoms with van der Waals surface area (Å²) in [5.41, 5.74) is 3.28. The van der Waals surface area contributed by atoms with Gasteiger partial charge < -0.3 is 15.5 Å². The van der Waals surface area contributed by atoms with E-state index in [1.165, 1.54) is 11.1 Å². The number of carbonyl (C=O) groups excluding carboxylic acids is 2. The Labute approximate surface area is 132 Å². The number of carbonyl (C=O) groups is 2. The van der Waals surface area contributed by atoms with Crippen molar-refractivity contribution >= 4 is 17.6 Å². The molecule has 2 rings (SSSR count). The topological polar surface area (TPSA) is 61.4 Å². The van der Waals surface area contributed by atoms with E-state index in [0.29, 0.717) is 19.5 Å². The number of anilines is 1. The number of hydrogen-bond donors (Lipinski definition) is 2. The third-order valence-electron chi connectivity index (χ3n) is 4.08. The van der Waals surface area contributed by atoms with Gasteiger partial charge in [-0.3, -0.25) is 4.79 Å². The SMILES string of the molecule is CCCCNC(=O)N[C@H]1CC(=O)N(c2ccc(C)c(C)c2)C1. The van der Waals surface area contributed by atoms with Crippen LogP contribution in [0.3, 0.4) is 0 Å². The Hall–Kier alpha value is -2.04. The van der Waals surface area contributed by atoms with Crippen molar-refractivity contribution in [3.63, 3.8) is 0 Å². The molecule has 1 aliphatic rings. The minimum atomic E-state index is -0.187. The van der Waals surface area contributed by atoms with Gasteiger partial charge in [0.1, 0.15) is 0 Å². The summed E-state index contributed by atoms with van der Waals surface area (Å²) >= 11 is 0. The molecule has 2 N–H and O–H groups in total. The summed E-state index contributed by atoms with van der Waals surface area (Å²) < 4.78 is 0. The first-order valence-corrected chi connectivity index (χ1v) is 7.93. The molecule has 22 heavy (non-hydrogen) atoms. The number of aryl methyl sites for hydroxylation is 2. The van der Waals surface area contributed by atoms with Crippen LogP contribution in [0.5, 0.6) is 0 Å². The van der Waals surface area contributed by atoms with Crippen molar-refractivity contribution in [1.82, 2.24) is 10.6 Å². The number of benzene rings is 1. The van der Waals surface area contributed by atoms with Crippen molar-refractivity contribution in [3.8, 4) is 0 Å². The van der Waals surface area contributed by atoms with Gasteiger partial charge in [0.05, 0.1) is 6.04 Å². The summed E-state index contributed by atoms with van der Waals surface area (Å²) in [6, 6.07) is 5.70. The fourth-order valence-corrected chi connectivity index (χ4v) is 2.56. The highest BCUT2D eigenvalue weighted by Gasteiger charge is 2.31. The largest absolute Gasteiger partial charge is 0.338 e. The van der Waals surface area contributed by atoms with Gasteiger partial charge in [-0.15, -0.1) is 0 Å². The van der Waals surface area contributed by atoms with Crippen LogP contribution in [0.15, 0.2) is 18.2 Å². The smallest absolute Gasteiger partial charge is 0.315 e. The van der Waals surface area contributed by atoms with E-state index in [9.17, 15) is 9.59 Å². The normalized spacial score (nSPS) is 17.7. The summed E-state index contributed by atoms with van der Waals surface area (Å²) in [7, 11) is 0. The Morgan fingerprint density at radius 3 is 2.77 bits per heavy atom. The van der Waals surface area contributed by atoms with Gasteiger partial charge in [-0.1, -0.05) is 19.4 Å². The molecule has 0 aliphatic carbocycles. The first-order valence-electron chi connectivity index (χ1n) is 7.93. The minimum Gasteiger partial charge on any atom is -0.338 e. The third-order valence-corrected chi connectivity index (χ3v) is 4.08. The lowest BCUT2D eigenvalue weighted by Gasteiger charge is -2.18. The average Bonchev–Trinajstić information content (AvgIpc) is 2.83. The maximum absolute atomic E-state index is 12.2. The summed E-state index contributed by atoms with van der Waals surface area (Å²) in [5, 5.41) is 5.70. The number of nitrogens with zero attached hydrogens (tertiary/aromatic N) is 1. The van der Waals surface area contributed by atoms with E-state index < -0.39 is 0 Å². The Balaban J connectivity index is 1.93. The molecule has 1 aliphatic heterocycles. The second kappa shape index (κ2) is 7.29. The zero-order chi connectivity index (χ0) is 16.1. The van der Waals surface area contributed by atoms with Crippen molar-refractivity contribution in [2.45, 2.75) is 46.1 Å². The monoisotopic (exact) mass is 303 g/mol. The second-order valence-corrected chi connectivity index (χ2v) is 5.93. The van der Waals surface area contributed by atoms with Crippen molar-refractivity contribution in [2.75, 3.05) is 18.0 Å². The van der Waals surface area contributed by atoms with Crippen molar-refractivity contribution < 1.29 is 9.59 Å². The van der Waals surface area contributed by atoms with Gasteiger partial charge in [-0.2, -0.15) is 0 Å². The van der Waals surface area contributed by atoms with Gasteiger partial charge in [0.15, 0.2) is 0 Å². The number of hydrogen-bond acceptors (Lipinski definition) is 2. The minimum absolute atomic E-state index is 0.0575. The Morgan fingerprint density at radius 2 is 2.09 bits per heavy atom. The van der Waals surface area contributed by atoms with Crippen molar-refractivity contribution in [1.29, 1.82) is 0 Å². The van der Waals surface area contributed by atoms with E-state index in [4.69, 9.17) is 0 Å². The van der Waals surface area contributed by atoms with Crippen LogP contribution in [-0.2, 0) is 4.79 Å². The molecule has 0 spiro atoms. The molecule has 1 heterocycles. The van der Waals surface area contributed by atoms with E-state index in [-0.39, 0.29) is 18.0 Å². The van der Waals surface area contributed by atoms with E-state index in [1.807, 2.05) is 25.1 Å². The third kappa shape index (κ3) is 4.00. The highest BCUT2D eigenvalue weighted by molar-refractivity contribution is 5.96. The molecule has 120 valence electrons. The van der Waals surface area contributed by atoms with E-state index >= 15 is 0 Å². The molecular formula is C17H25N3O2. The Morgan fingerprint density at radius 1 is 1.32 bits per heavy atom. The first-order chi connectivity index (χ1) is 10.5. The fourth-order valence-electron chi connectivity index (χ4n) is 2.56. The number of unbranched alkanes of at least 4 members (excludes halogenated alkanes) is 1. The zero-order valence-corrected chi connectivity index (χ0v) is 13.6. The molecule has 5 nitrogen and oxygen atoms in total. The maximum Gasteiger partial charge on any atom is 0.315 e. The molecule has 0 bridgehead atoms. The number of rotatable bonds is 5. The van der Waals surface area contributed by atoms with Gasteiger partial charge >= 0.3 is 6.03 Å².